The van der Waals surface area contributed by atoms with Gasteiger partial charge in [0.1, 0.15) is 5.82 Å². The van der Waals surface area contributed by atoms with E-state index in [0.717, 1.165) is 18.0 Å². The minimum Gasteiger partial charge on any atom is -0.373 e. The molecule has 2 nitrogen and oxygen atoms in total. The van der Waals surface area contributed by atoms with Crippen molar-refractivity contribution in [1.82, 2.24) is 0 Å². The molecule has 0 radical (unpaired) electrons. The predicted octanol–water partition coefficient (Wildman–Crippen LogP) is 2.44. The molecule has 15 heavy (non-hydrogen) atoms. The first-order chi connectivity index (χ1) is 7.19. The molecule has 1 rings (SSSR count). The van der Waals surface area contributed by atoms with Gasteiger partial charge in [-0.15, -0.1) is 0 Å². The standard InChI is InChI=1S/C11H14FNOS/c1-13(5-6-15-2)11-4-3-10(12)7-9(11)8-14/h3-4,7-8H,5-6H2,1-2H3. The summed E-state index contributed by atoms with van der Waals surface area (Å²) in [6, 6.07) is 4.27. The Hall–Kier alpha value is -1.03. The highest BCUT2D eigenvalue weighted by Crippen LogP contribution is 2.19. The second kappa shape index (κ2) is 5.75. The highest BCUT2D eigenvalue weighted by Gasteiger charge is 2.07. The number of nitrogens with zero attached hydrogens (tertiary/aromatic N) is 1. The first-order valence-corrected chi connectivity index (χ1v) is 6.03. The fourth-order valence-corrected chi connectivity index (χ4v) is 1.77. The molecule has 0 aliphatic rings. The van der Waals surface area contributed by atoms with Crippen molar-refractivity contribution in [3.8, 4) is 0 Å². The Bertz CT molecular complexity index is 343. The smallest absolute Gasteiger partial charge is 0.152 e. The van der Waals surface area contributed by atoms with Crippen LogP contribution in [0, 0.1) is 5.82 Å². The van der Waals surface area contributed by atoms with Crippen molar-refractivity contribution < 1.29 is 9.18 Å². The third kappa shape index (κ3) is 3.23. The van der Waals surface area contributed by atoms with Gasteiger partial charge in [-0.25, -0.2) is 4.39 Å². The van der Waals surface area contributed by atoms with E-state index in [1.54, 1.807) is 17.8 Å². The van der Waals surface area contributed by atoms with Crippen LogP contribution in [0.25, 0.3) is 0 Å². The Balaban J connectivity index is 2.87. The Morgan fingerprint density at radius 3 is 2.87 bits per heavy atom. The summed E-state index contributed by atoms with van der Waals surface area (Å²) in [6.07, 6.45) is 2.72. The summed E-state index contributed by atoms with van der Waals surface area (Å²) in [4.78, 5) is 12.7. The van der Waals surface area contributed by atoms with Crippen molar-refractivity contribution in [2.45, 2.75) is 0 Å². The molecule has 0 aromatic heterocycles. The first kappa shape index (κ1) is 12.0. The number of carbonyl (C=O) groups is 1. The van der Waals surface area contributed by atoms with Gasteiger partial charge in [0.05, 0.1) is 0 Å². The van der Waals surface area contributed by atoms with Gasteiger partial charge in [-0.2, -0.15) is 11.8 Å². The fraction of sp³-hybridized carbons (Fsp3) is 0.364. The van der Waals surface area contributed by atoms with Crippen LogP contribution in [0.5, 0.6) is 0 Å². The minimum absolute atomic E-state index is 0.376. The predicted molar refractivity (Wildman–Crippen MR) is 63.4 cm³/mol. The van der Waals surface area contributed by atoms with E-state index in [-0.39, 0.29) is 5.82 Å². The number of benzene rings is 1. The Morgan fingerprint density at radius 1 is 1.53 bits per heavy atom. The maximum Gasteiger partial charge on any atom is 0.152 e. The van der Waals surface area contributed by atoms with E-state index in [4.69, 9.17) is 0 Å². The molecule has 0 heterocycles. The van der Waals surface area contributed by atoms with Crippen molar-refractivity contribution in [2.24, 2.45) is 0 Å². The average molecular weight is 227 g/mol. The molecule has 82 valence electrons. The van der Waals surface area contributed by atoms with E-state index in [2.05, 4.69) is 0 Å². The molecule has 0 saturated heterocycles. The van der Waals surface area contributed by atoms with Crippen molar-refractivity contribution in [1.29, 1.82) is 0 Å². The number of anilines is 1. The van der Waals surface area contributed by atoms with E-state index in [9.17, 15) is 9.18 Å². The number of aldehydes is 1. The molecule has 0 aliphatic heterocycles. The van der Waals surface area contributed by atoms with Crippen LogP contribution in [0.2, 0.25) is 0 Å². The number of rotatable bonds is 5. The summed E-state index contributed by atoms with van der Waals surface area (Å²) in [5.74, 6) is 0.603. The van der Waals surface area contributed by atoms with Crippen molar-refractivity contribution in [3.05, 3.63) is 29.6 Å². The number of hydrogen-bond donors (Lipinski definition) is 0. The zero-order valence-electron chi connectivity index (χ0n) is 8.87. The minimum atomic E-state index is -0.376. The summed E-state index contributed by atoms with van der Waals surface area (Å²) in [7, 11) is 1.90. The van der Waals surface area contributed by atoms with Gasteiger partial charge in [0.2, 0.25) is 0 Å². The maximum absolute atomic E-state index is 12.9. The summed E-state index contributed by atoms with van der Waals surface area (Å²) >= 11 is 1.74. The van der Waals surface area contributed by atoms with Crippen molar-refractivity contribution >= 4 is 23.7 Å². The average Bonchev–Trinajstić information content (AvgIpc) is 2.25. The van der Waals surface area contributed by atoms with E-state index in [1.807, 2.05) is 18.2 Å². The molecule has 0 atom stereocenters. The van der Waals surface area contributed by atoms with Crippen LogP contribution in [-0.4, -0.2) is 31.9 Å². The van der Waals surface area contributed by atoms with E-state index < -0.39 is 0 Å². The van der Waals surface area contributed by atoms with Gasteiger partial charge in [0, 0.05) is 30.6 Å². The molecule has 1 aromatic carbocycles. The molecule has 1 aromatic rings. The molecular weight excluding hydrogens is 213 g/mol. The van der Waals surface area contributed by atoms with Crippen molar-refractivity contribution in [2.75, 3.05) is 30.5 Å². The lowest BCUT2D eigenvalue weighted by Crippen LogP contribution is -2.21. The van der Waals surface area contributed by atoms with Gasteiger partial charge in [0.25, 0.3) is 0 Å². The summed E-state index contributed by atoms with van der Waals surface area (Å²) < 4.78 is 12.9. The Labute approximate surface area is 93.5 Å². The van der Waals surface area contributed by atoms with Crippen LogP contribution in [0.4, 0.5) is 10.1 Å². The van der Waals surface area contributed by atoms with Gasteiger partial charge in [-0.3, -0.25) is 4.79 Å². The Morgan fingerprint density at radius 2 is 2.27 bits per heavy atom. The fourth-order valence-electron chi connectivity index (χ4n) is 1.32. The van der Waals surface area contributed by atoms with Crippen LogP contribution in [0.1, 0.15) is 10.4 Å². The zero-order chi connectivity index (χ0) is 11.3. The van der Waals surface area contributed by atoms with Gasteiger partial charge in [-0.05, 0) is 24.5 Å². The quantitative estimate of drug-likeness (QED) is 0.721. The largest absolute Gasteiger partial charge is 0.373 e. The van der Waals surface area contributed by atoms with E-state index >= 15 is 0 Å². The summed E-state index contributed by atoms with van der Waals surface area (Å²) in [5.41, 5.74) is 1.18. The number of carbonyl (C=O) groups excluding carboxylic acids is 1. The molecule has 0 spiro atoms. The lowest BCUT2D eigenvalue weighted by molar-refractivity contribution is 0.112. The number of thioether (sulfide) groups is 1. The second-order valence-corrected chi connectivity index (χ2v) is 4.22. The summed E-state index contributed by atoms with van der Waals surface area (Å²) in [6.45, 7) is 0.841. The van der Waals surface area contributed by atoms with Gasteiger partial charge in [-0.1, -0.05) is 0 Å². The van der Waals surface area contributed by atoms with E-state index in [0.29, 0.717) is 11.8 Å². The molecule has 0 saturated carbocycles. The first-order valence-electron chi connectivity index (χ1n) is 4.64. The highest BCUT2D eigenvalue weighted by atomic mass is 32.2. The summed E-state index contributed by atoms with van der Waals surface area (Å²) in [5, 5.41) is 0. The maximum atomic E-state index is 12.9. The van der Waals surface area contributed by atoms with Crippen molar-refractivity contribution in [3.63, 3.8) is 0 Å². The Kier molecular flexibility index (Phi) is 4.62. The van der Waals surface area contributed by atoms with Crippen LogP contribution in [0.3, 0.4) is 0 Å². The molecule has 0 N–H and O–H groups in total. The zero-order valence-corrected chi connectivity index (χ0v) is 9.68. The molecule has 0 aliphatic carbocycles. The van der Waals surface area contributed by atoms with Crippen LogP contribution >= 0.6 is 11.8 Å². The molecule has 4 heteroatoms. The van der Waals surface area contributed by atoms with Gasteiger partial charge < -0.3 is 4.90 Å². The van der Waals surface area contributed by atoms with E-state index in [1.165, 1.54) is 12.1 Å². The third-order valence-electron chi connectivity index (χ3n) is 2.16. The normalized spacial score (nSPS) is 10.1. The molecule has 0 amide bonds. The lowest BCUT2D eigenvalue weighted by atomic mass is 10.2. The molecule has 0 bridgehead atoms. The third-order valence-corrected chi connectivity index (χ3v) is 2.75. The second-order valence-electron chi connectivity index (χ2n) is 3.24. The van der Waals surface area contributed by atoms with Crippen LogP contribution < -0.4 is 4.90 Å². The molecule has 0 fully saturated rings. The topological polar surface area (TPSA) is 20.3 Å². The lowest BCUT2D eigenvalue weighted by Gasteiger charge is -2.20. The van der Waals surface area contributed by atoms with Gasteiger partial charge >= 0.3 is 0 Å². The highest BCUT2D eigenvalue weighted by molar-refractivity contribution is 7.98. The molecular formula is C11H14FNOS. The number of halogens is 1. The number of hydrogen-bond acceptors (Lipinski definition) is 3. The SMILES string of the molecule is CSCCN(C)c1ccc(F)cc1C=O. The van der Waals surface area contributed by atoms with Gasteiger partial charge in [0.15, 0.2) is 6.29 Å². The molecule has 0 unspecified atom stereocenters. The van der Waals surface area contributed by atoms with Crippen LogP contribution in [0.15, 0.2) is 18.2 Å². The monoisotopic (exact) mass is 227 g/mol. The van der Waals surface area contributed by atoms with Crippen LogP contribution in [-0.2, 0) is 0 Å².